The molecule has 0 aliphatic heterocycles. The van der Waals surface area contributed by atoms with E-state index in [1.165, 1.54) is 25.2 Å². The van der Waals surface area contributed by atoms with E-state index in [9.17, 15) is 13.2 Å². The van der Waals surface area contributed by atoms with E-state index < -0.39 is 15.9 Å². The monoisotopic (exact) mass is 257 g/mol. The van der Waals surface area contributed by atoms with Gasteiger partial charge in [-0.3, -0.25) is 0 Å². The van der Waals surface area contributed by atoms with Crippen molar-refractivity contribution in [2.24, 2.45) is 0 Å². The molecule has 1 amide bonds. The molecular formula is C11H15NO4S. The fourth-order valence-electron chi connectivity index (χ4n) is 1.28. The molecule has 6 heteroatoms. The van der Waals surface area contributed by atoms with E-state index in [1.807, 2.05) is 0 Å². The van der Waals surface area contributed by atoms with Gasteiger partial charge in [0.15, 0.2) is 9.84 Å². The lowest BCUT2D eigenvalue weighted by Crippen LogP contribution is -2.22. The summed E-state index contributed by atoms with van der Waals surface area (Å²) in [6.45, 7) is 1.79. The minimum atomic E-state index is -3.29. The zero-order valence-corrected chi connectivity index (χ0v) is 10.6. The highest BCUT2D eigenvalue weighted by molar-refractivity contribution is 7.91. The summed E-state index contributed by atoms with van der Waals surface area (Å²) >= 11 is 0. The quantitative estimate of drug-likeness (QED) is 0.889. The Kier molecular flexibility index (Phi) is 4.51. The molecular weight excluding hydrogens is 242 g/mol. The van der Waals surface area contributed by atoms with Crippen molar-refractivity contribution < 1.29 is 17.9 Å². The fourth-order valence-corrected chi connectivity index (χ4v) is 2.63. The van der Waals surface area contributed by atoms with Gasteiger partial charge in [0.05, 0.1) is 10.6 Å². The Labute approximate surface area is 101 Å². The molecule has 0 unspecified atom stereocenters. The van der Waals surface area contributed by atoms with Gasteiger partial charge in [0.25, 0.3) is 0 Å². The van der Waals surface area contributed by atoms with Crippen LogP contribution < -0.4 is 10.1 Å². The molecule has 0 aliphatic carbocycles. The van der Waals surface area contributed by atoms with E-state index in [4.69, 9.17) is 4.74 Å². The summed E-state index contributed by atoms with van der Waals surface area (Å²) in [5.41, 5.74) is 0. The van der Waals surface area contributed by atoms with E-state index in [2.05, 4.69) is 5.32 Å². The lowest BCUT2D eigenvalue weighted by Gasteiger charge is -2.06. The second-order valence-corrected chi connectivity index (χ2v) is 5.54. The maximum absolute atomic E-state index is 11.8. The van der Waals surface area contributed by atoms with Crippen molar-refractivity contribution >= 4 is 15.9 Å². The van der Waals surface area contributed by atoms with Crippen LogP contribution in [0.25, 0.3) is 0 Å². The Morgan fingerprint density at radius 2 is 2.12 bits per heavy atom. The molecule has 17 heavy (non-hydrogen) atoms. The average Bonchev–Trinajstić information content (AvgIpc) is 2.29. The summed E-state index contributed by atoms with van der Waals surface area (Å²) < 4.78 is 28.4. The summed E-state index contributed by atoms with van der Waals surface area (Å²) in [6, 6.07) is 5.91. The molecule has 1 rings (SSSR count). The van der Waals surface area contributed by atoms with Crippen molar-refractivity contribution in [3.8, 4) is 5.75 Å². The van der Waals surface area contributed by atoms with Crippen molar-refractivity contribution in [2.75, 3.05) is 12.8 Å². The number of hydrogen-bond acceptors (Lipinski definition) is 4. The lowest BCUT2D eigenvalue weighted by molar-refractivity contribution is 0.203. The molecule has 5 nitrogen and oxygen atoms in total. The highest BCUT2D eigenvalue weighted by Crippen LogP contribution is 2.19. The number of rotatable bonds is 4. The van der Waals surface area contributed by atoms with Crippen LogP contribution in [0.4, 0.5) is 4.79 Å². The Balaban J connectivity index is 2.97. The molecule has 0 heterocycles. The van der Waals surface area contributed by atoms with Gasteiger partial charge in [-0.25, -0.2) is 13.2 Å². The van der Waals surface area contributed by atoms with Crippen LogP contribution in [0.1, 0.15) is 13.3 Å². The van der Waals surface area contributed by atoms with Gasteiger partial charge in [-0.05, 0) is 24.6 Å². The van der Waals surface area contributed by atoms with Crippen molar-refractivity contribution in [2.45, 2.75) is 18.2 Å². The van der Waals surface area contributed by atoms with Crippen LogP contribution >= 0.6 is 0 Å². The van der Waals surface area contributed by atoms with Crippen molar-refractivity contribution in [1.29, 1.82) is 0 Å². The third-order valence-electron chi connectivity index (χ3n) is 2.05. The molecule has 0 aliphatic rings. The lowest BCUT2D eigenvalue weighted by atomic mass is 10.3. The van der Waals surface area contributed by atoms with Gasteiger partial charge in [0.2, 0.25) is 0 Å². The molecule has 1 aromatic rings. The second-order valence-electron chi connectivity index (χ2n) is 3.43. The van der Waals surface area contributed by atoms with E-state index in [0.29, 0.717) is 6.42 Å². The molecule has 0 fully saturated rings. The topological polar surface area (TPSA) is 72.5 Å². The van der Waals surface area contributed by atoms with Crippen molar-refractivity contribution in [3.63, 3.8) is 0 Å². The van der Waals surface area contributed by atoms with Crippen LogP contribution in [-0.4, -0.2) is 27.3 Å². The number of ether oxygens (including phenoxy) is 1. The van der Waals surface area contributed by atoms with E-state index in [1.54, 1.807) is 13.0 Å². The zero-order chi connectivity index (χ0) is 12.9. The van der Waals surface area contributed by atoms with Crippen LogP contribution in [0.2, 0.25) is 0 Å². The Hall–Kier alpha value is -1.56. The maximum atomic E-state index is 11.8. The van der Waals surface area contributed by atoms with Crippen LogP contribution in [0, 0.1) is 0 Å². The van der Waals surface area contributed by atoms with Gasteiger partial charge in [-0.15, -0.1) is 0 Å². The summed E-state index contributed by atoms with van der Waals surface area (Å²) in [6.07, 6.45) is -0.0851. The number of sulfone groups is 1. The van der Waals surface area contributed by atoms with E-state index in [0.717, 1.165) is 0 Å². The summed E-state index contributed by atoms with van der Waals surface area (Å²) in [5.74, 6) is 0.290. The van der Waals surface area contributed by atoms with E-state index in [-0.39, 0.29) is 16.4 Å². The predicted octanol–water partition coefficient (Wildman–Crippen LogP) is 1.59. The van der Waals surface area contributed by atoms with Gasteiger partial charge in [0.1, 0.15) is 5.75 Å². The average molecular weight is 257 g/mol. The molecule has 1 aromatic carbocycles. The Morgan fingerprint density at radius 3 is 2.71 bits per heavy atom. The smallest absolute Gasteiger partial charge is 0.410 e. The largest absolute Gasteiger partial charge is 0.412 e. The zero-order valence-electron chi connectivity index (χ0n) is 9.76. The first-order valence-corrected chi connectivity index (χ1v) is 6.87. The molecule has 0 bridgehead atoms. The van der Waals surface area contributed by atoms with Crippen LogP contribution in [0.5, 0.6) is 5.75 Å². The van der Waals surface area contributed by atoms with Crippen LogP contribution in [0.15, 0.2) is 29.2 Å². The molecule has 0 spiro atoms. The number of hydrogen-bond donors (Lipinski definition) is 1. The molecule has 0 aromatic heterocycles. The van der Waals surface area contributed by atoms with Gasteiger partial charge in [-0.2, -0.15) is 0 Å². The van der Waals surface area contributed by atoms with Gasteiger partial charge in [0, 0.05) is 7.05 Å². The van der Waals surface area contributed by atoms with Crippen molar-refractivity contribution in [1.82, 2.24) is 5.32 Å². The van der Waals surface area contributed by atoms with Gasteiger partial charge >= 0.3 is 6.09 Å². The molecule has 1 N–H and O–H groups in total. The summed E-state index contributed by atoms with van der Waals surface area (Å²) in [7, 11) is -1.86. The van der Waals surface area contributed by atoms with E-state index >= 15 is 0 Å². The SMILES string of the molecule is CCCS(=O)(=O)c1cccc(OC(=O)NC)c1. The number of benzene rings is 1. The number of nitrogens with one attached hydrogen (secondary N) is 1. The number of amides is 1. The first kappa shape index (κ1) is 13.5. The highest BCUT2D eigenvalue weighted by Gasteiger charge is 2.14. The minimum absolute atomic E-state index is 0.0798. The standard InChI is InChI=1S/C11H15NO4S/c1-3-7-17(14,15)10-6-4-5-9(8-10)16-11(13)12-2/h4-6,8H,3,7H2,1-2H3,(H,12,13). The van der Waals surface area contributed by atoms with Crippen LogP contribution in [0.3, 0.4) is 0 Å². The Morgan fingerprint density at radius 1 is 1.41 bits per heavy atom. The van der Waals surface area contributed by atoms with Gasteiger partial charge < -0.3 is 10.1 Å². The van der Waals surface area contributed by atoms with Crippen LogP contribution in [-0.2, 0) is 9.84 Å². The maximum Gasteiger partial charge on any atom is 0.412 e. The minimum Gasteiger partial charge on any atom is -0.410 e. The summed E-state index contributed by atoms with van der Waals surface area (Å²) in [4.78, 5) is 11.2. The first-order valence-electron chi connectivity index (χ1n) is 5.22. The first-order chi connectivity index (χ1) is 7.99. The highest BCUT2D eigenvalue weighted by atomic mass is 32.2. The molecule has 0 saturated carbocycles. The van der Waals surface area contributed by atoms with Crippen molar-refractivity contribution in [3.05, 3.63) is 24.3 Å². The molecule has 94 valence electrons. The molecule has 0 atom stereocenters. The van der Waals surface area contributed by atoms with Gasteiger partial charge in [-0.1, -0.05) is 13.0 Å². The third kappa shape index (κ3) is 3.74. The Bertz CT molecular complexity index is 496. The molecule has 0 radical (unpaired) electrons. The molecule has 0 saturated heterocycles. The third-order valence-corrected chi connectivity index (χ3v) is 3.97. The second kappa shape index (κ2) is 5.67. The predicted molar refractivity (Wildman–Crippen MR) is 63.9 cm³/mol. The summed E-state index contributed by atoms with van der Waals surface area (Å²) in [5, 5.41) is 2.29. The fraction of sp³-hybridized carbons (Fsp3) is 0.364. The normalized spacial score (nSPS) is 10.9. The number of carbonyl (C=O) groups excluding carboxylic acids is 1. The number of carbonyl (C=O) groups is 1.